The van der Waals surface area contributed by atoms with Gasteiger partial charge in [0, 0.05) is 17.5 Å². The molecule has 2 N–H and O–H groups in total. The second kappa shape index (κ2) is 6.66. The van der Waals surface area contributed by atoms with E-state index in [2.05, 4.69) is 23.6 Å². The number of benzene rings is 1. The Morgan fingerprint density at radius 1 is 1.32 bits per heavy atom. The summed E-state index contributed by atoms with van der Waals surface area (Å²) in [7, 11) is 0. The first-order valence-electron chi connectivity index (χ1n) is 7.48. The quantitative estimate of drug-likeness (QED) is 0.857. The number of ether oxygens (including phenoxy) is 1. The molecule has 0 unspecified atom stereocenters. The van der Waals surface area contributed by atoms with E-state index in [1.807, 2.05) is 24.3 Å². The number of nitrogens with one attached hydrogen (secondary N) is 2. The molecule has 22 heavy (non-hydrogen) atoms. The molecule has 2 atom stereocenters. The molecule has 1 amide bonds. The van der Waals surface area contributed by atoms with Gasteiger partial charge in [-0.3, -0.25) is 4.79 Å². The Morgan fingerprint density at radius 2 is 2.18 bits per heavy atom. The number of carbonyl (C=O) groups excluding carboxylic acids is 1. The molecule has 5 heteroatoms. The van der Waals surface area contributed by atoms with Crippen molar-refractivity contribution in [3.8, 4) is 5.75 Å². The average Bonchev–Trinajstić information content (AvgIpc) is 3.19. The normalized spacial score (nSPS) is 17.6. The Balaban J connectivity index is 1.46. The van der Waals surface area contributed by atoms with Crippen LogP contribution in [-0.2, 0) is 11.3 Å². The number of amides is 1. The summed E-state index contributed by atoms with van der Waals surface area (Å²) in [4.78, 5) is 11.9. The molecule has 0 aliphatic carbocycles. The van der Waals surface area contributed by atoms with Gasteiger partial charge in [-0.15, -0.1) is 0 Å². The zero-order chi connectivity index (χ0) is 15.4. The molecule has 0 fully saturated rings. The first-order chi connectivity index (χ1) is 10.7. The van der Waals surface area contributed by atoms with Crippen molar-refractivity contribution in [2.75, 3.05) is 13.2 Å². The van der Waals surface area contributed by atoms with Gasteiger partial charge in [-0.1, -0.05) is 18.2 Å². The van der Waals surface area contributed by atoms with Gasteiger partial charge in [-0.25, -0.2) is 0 Å². The summed E-state index contributed by atoms with van der Waals surface area (Å²) in [5.74, 6) is 1.92. The lowest BCUT2D eigenvalue weighted by atomic mass is 9.94. The highest BCUT2D eigenvalue weighted by atomic mass is 16.5. The van der Waals surface area contributed by atoms with Crippen LogP contribution in [0.4, 0.5) is 0 Å². The Bertz CT molecular complexity index is 625. The van der Waals surface area contributed by atoms with E-state index in [-0.39, 0.29) is 24.4 Å². The summed E-state index contributed by atoms with van der Waals surface area (Å²) >= 11 is 0. The summed E-state index contributed by atoms with van der Waals surface area (Å²) in [6, 6.07) is 11.9. The van der Waals surface area contributed by atoms with Crippen molar-refractivity contribution in [2.24, 2.45) is 0 Å². The van der Waals surface area contributed by atoms with Crippen molar-refractivity contribution in [3.63, 3.8) is 0 Å². The van der Waals surface area contributed by atoms with Gasteiger partial charge in [0.2, 0.25) is 5.91 Å². The Labute approximate surface area is 129 Å². The number of hydrogen-bond donors (Lipinski definition) is 2. The van der Waals surface area contributed by atoms with Crippen molar-refractivity contribution >= 4 is 5.91 Å². The Kier molecular flexibility index (Phi) is 4.44. The number of para-hydroxylation sites is 1. The topological polar surface area (TPSA) is 63.5 Å². The molecule has 0 radical (unpaired) electrons. The fraction of sp³-hybridized carbons (Fsp3) is 0.353. The minimum atomic E-state index is -0.0459. The van der Waals surface area contributed by atoms with Gasteiger partial charge >= 0.3 is 0 Å². The molecule has 3 rings (SSSR count). The van der Waals surface area contributed by atoms with Gasteiger partial charge in [0.1, 0.15) is 11.5 Å². The average molecular weight is 300 g/mol. The predicted molar refractivity (Wildman–Crippen MR) is 82.7 cm³/mol. The third-order valence-corrected chi connectivity index (χ3v) is 3.96. The van der Waals surface area contributed by atoms with Crippen LogP contribution in [0.1, 0.15) is 24.2 Å². The molecule has 1 aliphatic rings. The predicted octanol–water partition coefficient (Wildman–Crippen LogP) is 2.05. The highest BCUT2D eigenvalue weighted by Gasteiger charge is 2.28. The molecular formula is C17H20N2O3. The van der Waals surface area contributed by atoms with Crippen LogP contribution >= 0.6 is 0 Å². The van der Waals surface area contributed by atoms with E-state index in [0.717, 1.165) is 11.5 Å². The van der Waals surface area contributed by atoms with Crippen molar-refractivity contribution in [2.45, 2.75) is 25.4 Å². The van der Waals surface area contributed by atoms with Crippen LogP contribution < -0.4 is 15.4 Å². The number of fused-ring (bicyclic) bond motifs is 1. The summed E-state index contributed by atoms with van der Waals surface area (Å²) in [5.41, 5.74) is 1.21. The van der Waals surface area contributed by atoms with Gasteiger partial charge in [-0.05, 0) is 25.1 Å². The molecule has 2 heterocycles. The smallest absolute Gasteiger partial charge is 0.234 e. The number of rotatable bonds is 6. The molecule has 0 saturated heterocycles. The van der Waals surface area contributed by atoms with Crippen molar-refractivity contribution in [1.29, 1.82) is 0 Å². The minimum Gasteiger partial charge on any atom is -0.493 e. The van der Waals surface area contributed by atoms with E-state index in [4.69, 9.17) is 9.15 Å². The molecule has 1 aromatic carbocycles. The van der Waals surface area contributed by atoms with Gasteiger partial charge in [-0.2, -0.15) is 0 Å². The molecule has 0 spiro atoms. The lowest BCUT2D eigenvalue weighted by Crippen LogP contribution is -2.40. The van der Waals surface area contributed by atoms with E-state index in [9.17, 15) is 4.79 Å². The number of carbonyl (C=O) groups is 1. The van der Waals surface area contributed by atoms with E-state index in [1.54, 1.807) is 12.3 Å². The fourth-order valence-corrected chi connectivity index (χ4v) is 2.66. The second-order valence-electron chi connectivity index (χ2n) is 5.48. The van der Waals surface area contributed by atoms with Crippen LogP contribution in [0.15, 0.2) is 47.1 Å². The Hall–Kier alpha value is -2.27. The van der Waals surface area contributed by atoms with Crippen LogP contribution in [0.3, 0.4) is 0 Å². The van der Waals surface area contributed by atoms with Crippen LogP contribution in [0.25, 0.3) is 0 Å². The van der Waals surface area contributed by atoms with E-state index in [1.165, 1.54) is 5.56 Å². The summed E-state index contributed by atoms with van der Waals surface area (Å²) < 4.78 is 10.9. The molecule has 1 aromatic heterocycles. The maximum Gasteiger partial charge on any atom is 0.234 e. The number of hydrogen-bond acceptors (Lipinski definition) is 4. The van der Waals surface area contributed by atoms with E-state index in [0.29, 0.717) is 13.2 Å². The fourth-order valence-electron chi connectivity index (χ4n) is 2.66. The van der Waals surface area contributed by atoms with E-state index < -0.39 is 0 Å². The molecule has 116 valence electrons. The van der Waals surface area contributed by atoms with Crippen LogP contribution in [0.2, 0.25) is 0 Å². The van der Waals surface area contributed by atoms with Gasteiger partial charge in [0.15, 0.2) is 0 Å². The molecule has 0 bridgehead atoms. The van der Waals surface area contributed by atoms with Crippen LogP contribution in [0, 0.1) is 0 Å². The maximum atomic E-state index is 11.9. The maximum absolute atomic E-state index is 11.9. The monoisotopic (exact) mass is 300 g/mol. The molecule has 5 nitrogen and oxygen atoms in total. The van der Waals surface area contributed by atoms with Crippen molar-refractivity contribution in [3.05, 3.63) is 54.0 Å². The van der Waals surface area contributed by atoms with Gasteiger partial charge < -0.3 is 19.8 Å². The zero-order valence-corrected chi connectivity index (χ0v) is 12.5. The molecular weight excluding hydrogens is 280 g/mol. The van der Waals surface area contributed by atoms with Crippen LogP contribution in [-0.4, -0.2) is 25.1 Å². The third kappa shape index (κ3) is 3.31. The zero-order valence-electron chi connectivity index (χ0n) is 12.5. The summed E-state index contributed by atoms with van der Waals surface area (Å²) in [5, 5.41) is 6.10. The lowest BCUT2D eigenvalue weighted by Gasteiger charge is -2.19. The summed E-state index contributed by atoms with van der Waals surface area (Å²) in [6.07, 6.45) is 1.60. The third-order valence-electron chi connectivity index (χ3n) is 3.96. The minimum absolute atomic E-state index is 0.0459. The highest BCUT2D eigenvalue weighted by molar-refractivity contribution is 5.77. The summed E-state index contributed by atoms with van der Waals surface area (Å²) in [6.45, 7) is 3.43. The largest absolute Gasteiger partial charge is 0.493 e. The van der Waals surface area contributed by atoms with Gasteiger partial charge in [0.25, 0.3) is 0 Å². The second-order valence-corrected chi connectivity index (χ2v) is 5.48. The molecule has 1 aliphatic heterocycles. The lowest BCUT2D eigenvalue weighted by molar-refractivity contribution is -0.120. The molecule has 0 saturated carbocycles. The molecule has 2 aromatic rings. The van der Waals surface area contributed by atoms with Gasteiger partial charge in [0.05, 0.1) is 26.0 Å². The standard InChI is InChI=1S/C17H20N2O3/c1-12(15-11-22-16-7-3-2-6-14(15)16)18-10-17(20)19-9-13-5-4-8-21-13/h2-8,12,15,18H,9-11H2,1H3,(H,19,20)/t12-,15+/m1/s1. The highest BCUT2D eigenvalue weighted by Crippen LogP contribution is 2.35. The first-order valence-corrected chi connectivity index (χ1v) is 7.48. The van der Waals surface area contributed by atoms with Crippen LogP contribution in [0.5, 0.6) is 5.75 Å². The van der Waals surface area contributed by atoms with Crippen molar-refractivity contribution < 1.29 is 13.9 Å². The van der Waals surface area contributed by atoms with E-state index >= 15 is 0 Å². The first kappa shape index (κ1) is 14.7. The van der Waals surface area contributed by atoms with Crippen molar-refractivity contribution in [1.82, 2.24) is 10.6 Å². The number of furan rings is 1. The SMILES string of the molecule is C[C@@H](NCC(=O)NCc1ccco1)[C@@H]1COc2ccccc21. The Morgan fingerprint density at radius 3 is 3.00 bits per heavy atom.